The number of carbonyl (C=O) groups is 1. The Morgan fingerprint density at radius 2 is 1.95 bits per heavy atom. The zero-order valence-electron chi connectivity index (χ0n) is 12.8. The van der Waals surface area contributed by atoms with Gasteiger partial charge in [-0.2, -0.15) is 0 Å². The first-order valence-corrected chi connectivity index (χ1v) is 8.22. The Morgan fingerprint density at radius 3 is 2.59 bits per heavy atom. The minimum atomic E-state index is -0.128. The van der Waals surface area contributed by atoms with Crippen LogP contribution in [0.15, 0.2) is 59.1 Å². The second-order valence-corrected chi connectivity index (χ2v) is 6.22. The first-order chi connectivity index (χ1) is 10.6. The highest BCUT2D eigenvalue weighted by molar-refractivity contribution is 9.10. The zero-order valence-corrected chi connectivity index (χ0v) is 14.4. The van der Waals surface area contributed by atoms with Crippen LogP contribution in [0.4, 0.5) is 5.69 Å². The highest BCUT2D eigenvalue weighted by Crippen LogP contribution is 2.20. The maximum atomic E-state index is 11.9. The zero-order chi connectivity index (χ0) is 15.9. The molecule has 0 spiro atoms. The van der Waals surface area contributed by atoms with E-state index in [-0.39, 0.29) is 5.91 Å². The van der Waals surface area contributed by atoms with E-state index in [2.05, 4.69) is 47.2 Å². The SMILES string of the molecule is CC[C@@H](C)c1ccc(NC(=O)/C=C/c2cccc(Br)c2)cc1. The van der Waals surface area contributed by atoms with Gasteiger partial charge in [-0.05, 0) is 53.8 Å². The Hall–Kier alpha value is -1.87. The van der Waals surface area contributed by atoms with Crippen LogP contribution < -0.4 is 5.32 Å². The first-order valence-electron chi connectivity index (χ1n) is 7.43. The smallest absolute Gasteiger partial charge is 0.248 e. The Bertz CT molecular complexity index is 661. The van der Waals surface area contributed by atoms with E-state index in [1.54, 1.807) is 12.2 Å². The number of hydrogen-bond acceptors (Lipinski definition) is 1. The van der Waals surface area contributed by atoms with Gasteiger partial charge in [-0.15, -0.1) is 0 Å². The molecule has 0 aliphatic carbocycles. The Balaban J connectivity index is 1.97. The fourth-order valence-corrected chi connectivity index (χ4v) is 2.51. The van der Waals surface area contributed by atoms with Gasteiger partial charge in [0, 0.05) is 16.2 Å². The number of amides is 1. The van der Waals surface area contributed by atoms with Gasteiger partial charge in [-0.3, -0.25) is 4.79 Å². The lowest BCUT2D eigenvalue weighted by Gasteiger charge is -2.09. The topological polar surface area (TPSA) is 29.1 Å². The van der Waals surface area contributed by atoms with E-state index in [1.807, 2.05) is 36.4 Å². The summed E-state index contributed by atoms with van der Waals surface area (Å²) in [6, 6.07) is 15.9. The van der Waals surface area contributed by atoms with Crippen LogP contribution in [0.3, 0.4) is 0 Å². The summed E-state index contributed by atoms with van der Waals surface area (Å²) in [5.74, 6) is 0.414. The van der Waals surface area contributed by atoms with Gasteiger partial charge in [0.05, 0.1) is 0 Å². The molecule has 0 radical (unpaired) electrons. The predicted molar refractivity (Wildman–Crippen MR) is 97.0 cm³/mol. The molecule has 2 rings (SSSR count). The van der Waals surface area contributed by atoms with E-state index < -0.39 is 0 Å². The van der Waals surface area contributed by atoms with E-state index in [0.717, 1.165) is 22.1 Å². The van der Waals surface area contributed by atoms with Crippen molar-refractivity contribution in [1.82, 2.24) is 0 Å². The molecule has 0 saturated carbocycles. The maximum Gasteiger partial charge on any atom is 0.248 e. The second kappa shape index (κ2) is 7.95. The van der Waals surface area contributed by atoms with Crippen LogP contribution in [0.5, 0.6) is 0 Å². The van der Waals surface area contributed by atoms with Crippen LogP contribution in [0, 0.1) is 0 Å². The van der Waals surface area contributed by atoms with Crippen LogP contribution in [0.1, 0.15) is 37.3 Å². The fraction of sp³-hybridized carbons (Fsp3) is 0.211. The highest BCUT2D eigenvalue weighted by Gasteiger charge is 2.03. The third-order valence-corrected chi connectivity index (χ3v) is 4.13. The molecule has 114 valence electrons. The van der Waals surface area contributed by atoms with Crippen molar-refractivity contribution in [2.24, 2.45) is 0 Å². The molecule has 0 aliphatic heterocycles. The second-order valence-electron chi connectivity index (χ2n) is 5.31. The van der Waals surface area contributed by atoms with Gasteiger partial charge in [-0.1, -0.05) is 54.0 Å². The highest BCUT2D eigenvalue weighted by atomic mass is 79.9. The van der Waals surface area contributed by atoms with Crippen molar-refractivity contribution < 1.29 is 4.79 Å². The fourth-order valence-electron chi connectivity index (χ4n) is 2.10. The van der Waals surface area contributed by atoms with Gasteiger partial charge in [0.25, 0.3) is 0 Å². The van der Waals surface area contributed by atoms with E-state index in [1.165, 1.54) is 5.56 Å². The van der Waals surface area contributed by atoms with Crippen molar-refractivity contribution in [1.29, 1.82) is 0 Å². The molecule has 3 heteroatoms. The summed E-state index contributed by atoms with van der Waals surface area (Å²) >= 11 is 3.41. The molecule has 0 fully saturated rings. The number of nitrogens with one attached hydrogen (secondary N) is 1. The number of rotatable bonds is 5. The van der Waals surface area contributed by atoms with Crippen molar-refractivity contribution in [2.45, 2.75) is 26.2 Å². The summed E-state index contributed by atoms with van der Waals surface area (Å²) in [6.07, 6.45) is 4.46. The average molecular weight is 358 g/mol. The van der Waals surface area contributed by atoms with E-state index in [0.29, 0.717) is 5.92 Å². The molecule has 2 aromatic carbocycles. The number of benzene rings is 2. The largest absolute Gasteiger partial charge is 0.323 e. The third-order valence-electron chi connectivity index (χ3n) is 3.64. The van der Waals surface area contributed by atoms with Crippen molar-refractivity contribution in [3.8, 4) is 0 Å². The molecule has 22 heavy (non-hydrogen) atoms. The summed E-state index contributed by atoms with van der Waals surface area (Å²) in [7, 11) is 0. The van der Waals surface area contributed by atoms with E-state index in [4.69, 9.17) is 0 Å². The van der Waals surface area contributed by atoms with Crippen molar-refractivity contribution >= 4 is 33.6 Å². The maximum absolute atomic E-state index is 11.9. The number of hydrogen-bond donors (Lipinski definition) is 1. The minimum Gasteiger partial charge on any atom is -0.323 e. The van der Waals surface area contributed by atoms with Gasteiger partial charge >= 0.3 is 0 Å². The minimum absolute atomic E-state index is 0.128. The van der Waals surface area contributed by atoms with Crippen molar-refractivity contribution in [3.05, 3.63) is 70.2 Å². The van der Waals surface area contributed by atoms with Crippen molar-refractivity contribution in [3.63, 3.8) is 0 Å². The summed E-state index contributed by atoms with van der Waals surface area (Å²) < 4.78 is 0.996. The number of anilines is 1. The molecule has 1 N–H and O–H groups in total. The molecule has 0 unspecified atom stereocenters. The van der Waals surface area contributed by atoms with Gasteiger partial charge in [0.15, 0.2) is 0 Å². The molecular weight excluding hydrogens is 338 g/mol. The summed E-state index contributed by atoms with van der Waals surface area (Å²) in [5, 5.41) is 2.87. The lowest BCUT2D eigenvalue weighted by atomic mass is 9.99. The van der Waals surface area contributed by atoms with Crippen LogP contribution in [0.2, 0.25) is 0 Å². The van der Waals surface area contributed by atoms with E-state index in [9.17, 15) is 4.79 Å². The first kappa shape index (κ1) is 16.5. The standard InChI is InChI=1S/C19H20BrNO/c1-3-14(2)16-8-10-18(11-9-16)21-19(22)12-7-15-5-4-6-17(20)13-15/h4-14H,3H2,1-2H3,(H,21,22)/b12-7+/t14-/m1/s1. The van der Waals surface area contributed by atoms with Crippen LogP contribution in [-0.2, 0) is 4.79 Å². The summed E-state index contributed by atoms with van der Waals surface area (Å²) in [4.78, 5) is 11.9. The van der Waals surface area contributed by atoms with Crippen LogP contribution >= 0.6 is 15.9 Å². The number of halogens is 1. The molecule has 1 amide bonds. The molecule has 0 bridgehead atoms. The Kier molecular flexibility index (Phi) is 5.96. The van der Waals surface area contributed by atoms with Gasteiger partial charge in [0.2, 0.25) is 5.91 Å². The quantitative estimate of drug-likeness (QED) is 0.691. The van der Waals surface area contributed by atoms with Gasteiger partial charge in [0.1, 0.15) is 0 Å². The van der Waals surface area contributed by atoms with Crippen LogP contribution in [0.25, 0.3) is 6.08 Å². The van der Waals surface area contributed by atoms with Crippen LogP contribution in [-0.4, -0.2) is 5.91 Å². The Labute approximate surface area is 140 Å². The summed E-state index contributed by atoms with van der Waals surface area (Å²) in [5.41, 5.74) is 3.10. The summed E-state index contributed by atoms with van der Waals surface area (Å²) in [6.45, 7) is 4.38. The number of carbonyl (C=O) groups excluding carboxylic acids is 1. The van der Waals surface area contributed by atoms with Gasteiger partial charge < -0.3 is 5.32 Å². The molecule has 2 nitrogen and oxygen atoms in total. The molecule has 0 aliphatic rings. The third kappa shape index (κ3) is 4.85. The van der Waals surface area contributed by atoms with Gasteiger partial charge in [-0.25, -0.2) is 0 Å². The molecular formula is C19H20BrNO. The lowest BCUT2D eigenvalue weighted by molar-refractivity contribution is -0.111. The molecule has 2 aromatic rings. The molecule has 0 heterocycles. The Morgan fingerprint density at radius 1 is 1.23 bits per heavy atom. The molecule has 1 atom stereocenters. The van der Waals surface area contributed by atoms with Crippen molar-refractivity contribution in [2.75, 3.05) is 5.32 Å². The molecule has 0 saturated heterocycles. The molecule has 0 aromatic heterocycles. The normalized spacial score (nSPS) is 12.3. The van der Waals surface area contributed by atoms with E-state index >= 15 is 0 Å². The monoisotopic (exact) mass is 357 g/mol. The lowest BCUT2D eigenvalue weighted by Crippen LogP contribution is -2.07. The predicted octanol–water partition coefficient (Wildman–Crippen LogP) is 5.61. The average Bonchev–Trinajstić information content (AvgIpc) is 2.53.